The highest BCUT2D eigenvalue weighted by Gasteiger charge is 2.15. The Morgan fingerprint density at radius 1 is 1.47 bits per heavy atom. The second-order valence-electron chi connectivity index (χ2n) is 3.80. The number of hydrogen-bond acceptors (Lipinski definition) is 4. The quantitative estimate of drug-likeness (QED) is 0.910. The number of nitrogens with two attached hydrogens (primary N) is 1. The van der Waals surface area contributed by atoms with Crippen LogP contribution in [0.15, 0.2) is 39.0 Å². The van der Waals surface area contributed by atoms with Gasteiger partial charge in [-0.15, -0.1) is 0 Å². The van der Waals surface area contributed by atoms with E-state index >= 15 is 0 Å². The van der Waals surface area contributed by atoms with Gasteiger partial charge in [0.1, 0.15) is 12.1 Å². The first kappa shape index (κ1) is 12.1. The van der Waals surface area contributed by atoms with E-state index in [2.05, 4.69) is 4.98 Å². The Balaban J connectivity index is 2.35. The molecule has 17 heavy (non-hydrogen) atoms. The van der Waals surface area contributed by atoms with E-state index in [1.54, 1.807) is 19.3 Å². The molecule has 0 spiro atoms. The van der Waals surface area contributed by atoms with Crippen molar-refractivity contribution in [3.8, 4) is 0 Å². The van der Waals surface area contributed by atoms with Gasteiger partial charge in [-0.1, -0.05) is 6.07 Å². The second kappa shape index (κ2) is 4.89. The van der Waals surface area contributed by atoms with E-state index in [0.29, 0.717) is 10.8 Å². The molecule has 0 saturated carbocycles. The molecule has 90 valence electrons. The molecule has 0 fully saturated rings. The zero-order valence-electron chi connectivity index (χ0n) is 9.61. The minimum atomic E-state index is -0.366. The first-order valence-electron chi connectivity index (χ1n) is 5.22. The summed E-state index contributed by atoms with van der Waals surface area (Å²) in [6, 6.07) is 4.50. The van der Waals surface area contributed by atoms with Gasteiger partial charge in [-0.2, -0.15) is 0 Å². The van der Waals surface area contributed by atoms with Crippen molar-refractivity contribution in [1.29, 1.82) is 0 Å². The normalized spacial score (nSPS) is 12.7. The Kier molecular flexibility index (Phi) is 3.49. The highest BCUT2D eigenvalue weighted by atomic mass is 32.2. The van der Waals surface area contributed by atoms with Crippen molar-refractivity contribution < 1.29 is 8.81 Å². The Labute approximate surface area is 103 Å². The van der Waals surface area contributed by atoms with Crippen molar-refractivity contribution in [1.82, 2.24) is 4.98 Å². The van der Waals surface area contributed by atoms with E-state index in [9.17, 15) is 4.39 Å². The molecule has 2 rings (SSSR count). The van der Waals surface area contributed by atoms with Crippen LogP contribution in [0.4, 0.5) is 4.39 Å². The minimum Gasteiger partial charge on any atom is -0.439 e. The fourth-order valence-electron chi connectivity index (χ4n) is 1.52. The van der Waals surface area contributed by atoms with Crippen LogP contribution in [-0.4, -0.2) is 4.98 Å². The molecule has 0 aliphatic rings. The summed E-state index contributed by atoms with van der Waals surface area (Å²) in [6.07, 6.45) is 1.56. The summed E-state index contributed by atoms with van der Waals surface area (Å²) in [5.74, 6) is -0.298. The van der Waals surface area contributed by atoms with Crippen molar-refractivity contribution in [2.75, 3.05) is 0 Å². The largest absolute Gasteiger partial charge is 0.439 e. The number of aryl methyl sites for hydroxylation is 1. The maximum atomic E-state index is 13.7. The van der Waals surface area contributed by atoms with Gasteiger partial charge in [0.2, 0.25) is 0 Å². The topological polar surface area (TPSA) is 52.0 Å². The van der Waals surface area contributed by atoms with Gasteiger partial charge in [-0.25, -0.2) is 9.37 Å². The van der Waals surface area contributed by atoms with Crippen LogP contribution in [0, 0.1) is 12.7 Å². The molecule has 0 aliphatic carbocycles. The third-order valence-corrected chi connectivity index (χ3v) is 3.20. The van der Waals surface area contributed by atoms with Crippen LogP contribution in [0.1, 0.15) is 24.2 Å². The van der Waals surface area contributed by atoms with Crippen molar-refractivity contribution in [2.24, 2.45) is 5.73 Å². The van der Waals surface area contributed by atoms with E-state index < -0.39 is 0 Å². The molecule has 1 atom stereocenters. The fraction of sp³-hybridized carbons (Fsp3) is 0.250. The fourth-order valence-corrected chi connectivity index (χ4v) is 2.54. The number of benzene rings is 1. The predicted octanol–water partition coefficient (Wildman–Crippen LogP) is 3.29. The number of nitrogens with zero attached hydrogens (tertiary/aromatic N) is 1. The van der Waals surface area contributed by atoms with Crippen LogP contribution in [0.25, 0.3) is 0 Å². The predicted molar refractivity (Wildman–Crippen MR) is 64.4 cm³/mol. The molecular formula is C12H13FN2OS. The summed E-state index contributed by atoms with van der Waals surface area (Å²) in [5.41, 5.74) is 7.06. The average molecular weight is 252 g/mol. The summed E-state index contributed by atoms with van der Waals surface area (Å²) < 4.78 is 18.9. The van der Waals surface area contributed by atoms with Gasteiger partial charge in [0.25, 0.3) is 5.22 Å². The Hall–Kier alpha value is -1.33. The highest BCUT2D eigenvalue weighted by Crippen LogP contribution is 2.33. The van der Waals surface area contributed by atoms with Gasteiger partial charge in [-0.3, -0.25) is 0 Å². The monoisotopic (exact) mass is 252 g/mol. The molecule has 0 radical (unpaired) electrons. The molecule has 1 heterocycles. The molecule has 1 aromatic heterocycles. The molecule has 0 bridgehead atoms. The molecule has 2 N–H and O–H groups in total. The van der Waals surface area contributed by atoms with Gasteiger partial charge >= 0.3 is 0 Å². The smallest absolute Gasteiger partial charge is 0.260 e. The lowest BCUT2D eigenvalue weighted by molar-refractivity contribution is 0.454. The van der Waals surface area contributed by atoms with Crippen molar-refractivity contribution >= 4 is 11.8 Å². The molecule has 1 aromatic carbocycles. The van der Waals surface area contributed by atoms with Crippen LogP contribution < -0.4 is 5.73 Å². The van der Waals surface area contributed by atoms with E-state index in [-0.39, 0.29) is 11.9 Å². The van der Waals surface area contributed by atoms with E-state index in [0.717, 1.165) is 10.6 Å². The van der Waals surface area contributed by atoms with Gasteiger partial charge in [0.05, 0.1) is 5.69 Å². The lowest BCUT2D eigenvalue weighted by Crippen LogP contribution is -2.08. The second-order valence-corrected chi connectivity index (χ2v) is 4.79. The molecule has 5 heteroatoms. The molecule has 0 saturated heterocycles. The Morgan fingerprint density at radius 2 is 2.24 bits per heavy atom. The van der Waals surface area contributed by atoms with Crippen molar-refractivity contribution in [2.45, 2.75) is 30.0 Å². The molecule has 0 amide bonds. The van der Waals surface area contributed by atoms with Crippen LogP contribution in [0.3, 0.4) is 0 Å². The summed E-state index contributed by atoms with van der Waals surface area (Å²) >= 11 is 1.28. The lowest BCUT2D eigenvalue weighted by atomic mass is 10.1. The summed E-state index contributed by atoms with van der Waals surface area (Å²) in [5, 5.41) is 0.495. The average Bonchev–Trinajstić information content (AvgIpc) is 2.63. The maximum Gasteiger partial charge on any atom is 0.260 e. The standard InChI is InChI=1S/C12H13FN2OS/c1-7-6-16-12(15-7)17-10-5-3-4-9(13)11(10)8(2)14/h3-6,8H,14H2,1-2H3/t8-/m0/s1. The van der Waals surface area contributed by atoms with Crippen LogP contribution in [0.5, 0.6) is 0 Å². The Bertz CT molecular complexity index is 525. The van der Waals surface area contributed by atoms with Gasteiger partial charge in [-0.05, 0) is 37.7 Å². The first-order chi connectivity index (χ1) is 8.08. The number of rotatable bonds is 3. The highest BCUT2D eigenvalue weighted by molar-refractivity contribution is 7.99. The van der Waals surface area contributed by atoms with E-state index in [4.69, 9.17) is 10.2 Å². The van der Waals surface area contributed by atoms with E-state index in [1.807, 2.05) is 13.0 Å². The summed E-state index contributed by atoms with van der Waals surface area (Å²) in [6.45, 7) is 3.59. The first-order valence-corrected chi connectivity index (χ1v) is 6.03. The third kappa shape index (κ3) is 2.68. The molecular weight excluding hydrogens is 239 g/mol. The number of halogens is 1. The molecule has 2 aromatic rings. The van der Waals surface area contributed by atoms with Crippen molar-refractivity contribution in [3.05, 3.63) is 41.5 Å². The molecule has 3 nitrogen and oxygen atoms in total. The van der Waals surface area contributed by atoms with Gasteiger partial charge < -0.3 is 10.2 Å². The van der Waals surface area contributed by atoms with E-state index in [1.165, 1.54) is 17.8 Å². The zero-order valence-corrected chi connectivity index (χ0v) is 10.4. The van der Waals surface area contributed by atoms with Crippen LogP contribution >= 0.6 is 11.8 Å². The zero-order chi connectivity index (χ0) is 12.4. The molecule has 0 unspecified atom stereocenters. The minimum absolute atomic E-state index is 0.298. The van der Waals surface area contributed by atoms with Crippen molar-refractivity contribution in [3.63, 3.8) is 0 Å². The number of hydrogen-bond donors (Lipinski definition) is 1. The summed E-state index contributed by atoms with van der Waals surface area (Å²) in [7, 11) is 0. The molecule has 0 aliphatic heterocycles. The van der Waals surface area contributed by atoms with Gasteiger partial charge in [0, 0.05) is 16.5 Å². The van der Waals surface area contributed by atoms with Gasteiger partial charge in [0.15, 0.2) is 0 Å². The lowest BCUT2D eigenvalue weighted by Gasteiger charge is -2.11. The Morgan fingerprint density at radius 3 is 2.82 bits per heavy atom. The van der Waals surface area contributed by atoms with Crippen LogP contribution in [0.2, 0.25) is 0 Å². The third-order valence-electron chi connectivity index (χ3n) is 2.26. The maximum absolute atomic E-state index is 13.7. The number of aromatic nitrogens is 1. The number of oxazole rings is 1. The van der Waals surface area contributed by atoms with Crippen LogP contribution in [-0.2, 0) is 0 Å². The summed E-state index contributed by atoms with van der Waals surface area (Å²) in [4.78, 5) is 4.91. The SMILES string of the molecule is Cc1coc(Sc2cccc(F)c2[C@H](C)N)n1.